The summed E-state index contributed by atoms with van der Waals surface area (Å²) in [7, 11) is 0. The monoisotopic (exact) mass is 383 g/mol. The van der Waals surface area contributed by atoms with E-state index in [2.05, 4.69) is 39.7 Å². The van der Waals surface area contributed by atoms with Crippen molar-refractivity contribution in [3.05, 3.63) is 41.8 Å². The number of fused-ring (bicyclic) bond motifs is 2. The summed E-state index contributed by atoms with van der Waals surface area (Å²) >= 11 is 0. The highest BCUT2D eigenvalue weighted by atomic mass is 16.3. The standard InChI is InChI=1S/C21H29N5O2/c1-13(2)23-19-22-11-14-7-9-26(12-16(14)24-19)20(28)25-18-17(27)10-15-6-4-5-8-21(15,18)3/h4-6,8,11,13,15,17-18,27H,7,9-10,12H2,1-3H3,(H,25,28)(H,22,23,24). The number of urea groups is 1. The van der Waals surface area contributed by atoms with Crippen LogP contribution in [-0.4, -0.2) is 50.7 Å². The molecule has 1 aliphatic heterocycles. The Morgan fingerprint density at radius 3 is 3.00 bits per heavy atom. The van der Waals surface area contributed by atoms with E-state index < -0.39 is 6.10 Å². The number of aromatic nitrogens is 2. The van der Waals surface area contributed by atoms with Crippen molar-refractivity contribution in [1.29, 1.82) is 0 Å². The molecule has 150 valence electrons. The molecule has 0 radical (unpaired) electrons. The van der Waals surface area contributed by atoms with Crippen LogP contribution in [0.1, 0.15) is 38.4 Å². The lowest BCUT2D eigenvalue weighted by Crippen LogP contribution is -2.54. The van der Waals surface area contributed by atoms with Gasteiger partial charge in [-0.3, -0.25) is 0 Å². The normalized spacial score (nSPS) is 30.9. The maximum Gasteiger partial charge on any atom is 0.318 e. The average molecular weight is 383 g/mol. The third-order valence-corrected chi connectivity index (χ3v) is 6.19. The summed E-state index contributed by atoms with van der Waals surface area (Å²) in [5, 5.41) is 16.9. The summed E-state index contributed by atoms with van der Waals surface area (Å²) in [6.07, 6.45) is 11.0. The van der Waals surface area contributed by atoms with Gasteiger partial charge in [0.05, 0.1) is 24.4 Å². The smallest absolute Gasteiger partial charge is 0.318 e. The maximum atomic E-state index is 13.0. The van der Waals surface area contributed by atoms with Crippen molar-refractivity contribution in [1.82, 2.24) is 20.2 Å². The van der Waals surface area contributed by atoms with Gasteiger partial charge in [-0.15, -0.1) is 0 Å². The summed E-state index contributed by atoms with van der Waals surface area (Å²) in [4.78, 5) is 23.7. The number of allylic oxidation sites excluding steroid dienone is 3. The highest BCUT2D eigenvalue weighted by molar-refractivity contribution is 5.75. The van der Waals surface area contributed by atoms with Crippen LogP contribution in [0.5, 0.6) is 0 Å². The van der Waals surface area contributed by atoms with Crippen molar-refractivity contribution in [3.8, 4) is 0 Å². The van der Waals surface area contributed by atoms with Crippen molar-refractivity contribution in [2.75, 3.05) is 11.9 Å². The molecule has 7 nitrogen and oxygen atoms in total. The molecule has 28 heavy (non-hydrogen) atoms. The lowest BCUT2D eigenvalue weighted by atomic mass is 9.74. The number of hydrogen-bond donors (Lipinski definition) is 3. The molecule has 0 saturated heterocycles. The molecule has 1 aromatic rings. The van der Waals surface area contributed by atoms with Gasteiger partial charge in [0.25, 0.3) is 0 Å². The SMILES string of the molecule is CC(C)Nc1ncc2c(n1)CN(C(=O)NC1C(O)CC3C=CC=CC31C)CC2. The van der Waals surface area contributed by atoms with E-state index >= 15 is 0 Å². The highest BCUT2D eigenvalue weighted by Gasteiger charge is 2.50. The minimum atomic E-state index is -0.549. The van der Waals surface area contributed by atoms with E-state index in [1.165, 1.54) is 0 Å². The van der Waals surface area contributed by atoms with E-state index in [1.54, 1.807) is 4.90 Å². The Hall–Kier alpha value is -2.41. The molecule has 3 aliphatic rings. The molecule has 0 bridgehead atoms. The predicted molar refractivity (Wildman–Crippen MR) is 108 cm³/mol. The van der Waals surface area contributed by atoms with Crippen LogP contribution in [0.15, 0.2) is 30.5 Å². The summed E-state index contributed by atoms with van der Waals surface area (Å²) in [5.74, 6) is 0.842. The Kier molecular flexibility index (Phi) is 4.87. The number of carbonyl (C=O) groups is 1. The van der Waals surface area contributed by atoms with Gasteiger partial charge in [0.2, 0.25) is 5.95 Å². The second-order valence-corrected chi connectivity index (χ2v) is 8.58. The number of hydrogen-bond acceptors (Lipinski definition) is 5. The summed E-state index contributed by atoms with van der Waals surface area (Å²) < 4.78 is 0. The number of nitrogens with zero attached hydrogens (tertiary/aromatic N) is 3. The van der Waals surface area contributed by atoms with Crippen molar-refractivity contribution >= 4 is 12.0 Å². The predicted octanol–water partition coefficient (Wildman–Crippen LogP) is 2.25. The van der Waals surface area contributed by atoms with E-state index in [-0.39, 0.29) is 29.4 Å². The van der Waals surface area contributed by atoms with E-state index in [4.69, 9.17) is 0 Å². The fraction of sp³-hybridized carbons (Fsp3) is 0.571. The number of nitrogens with one attached hydrogen (secondary N) is 2. The van der Waals surface area contributed by atoms with Crippen LogP contribution in [0.2, 0.25) is 0 Å². The molecule has 4 atom stereocenters. The first-order valence-corrected chi connectivity index (χ1v) is 10.1. The maximum absolute atomic E-state index is 13.0. The molecule has 4 rings (SSSR count). The van der Waals surface area contributed by atoms with Gasteiger partial charge in [-0.05, 0) is 38.2 Å². The van der Waals surface area contributed by atoms with E-state index in [0.29, 0.717) is 25.5 Å². The van der Waals surface area contributed by atoms with Crippen LogP contribution in [0, 0.1) is 11.3 Å². The molecule has 1 saturated carbocycles. The van der Waals surface area contributed by atoms with Gasteiger partial charge in [-0.25, -0.2) is 14.8 Å². The molecular formula is C21H29N5O2. The summed E-state index contributed by atoms with van der Waals surface area (Å²) in [6.45, 7) is 7.27. The fourth-order valence-electron chi connectivity index (χ4n) is 4.55. The molecule has 1 aromatic heterocycles. The van der Waals surface area contributed by atoms with Crippen molar-refractivity contribution < 1.29 is 9.90 Å². The molecule has 0 aromatic carbocycles. The van der Waals surface area contributed by atoms with E-state index in [1.807, 2.05) is 32.2 Å². The zero-order valence-corrected chi connectivity index (χ0v) is 16.7. The quantitative estimate of drug-likeness (QED) is 0.745. The first kappa shape index (κ1) is 18.9. The van der Waals surface area contributed by atoms with E-state index in [0.717, 1.165) is 17.7 Å². The van der Waals surface area contributed by atoms with Crippen LogP contribution in [0.3, 0.4) is 0 Å². The number of carbonyl (C=O) groups excluding carboxylic acids is 1. The Morgan fingerprint density at radius 2 is 2.21 bits per heavy atom. The minimum absolute atomic E-state index is 0.142. The second kappa shape index (κ2) is 7.20. The molecule has 2 aliphatic carbocycles. The number of aliphatic hydroxyl groups is 1. The Bertz CT molecular complexity index is 821. The fourth-order valence-corrected chi connectivity index (χ4v) is 4.55. The second-order valence-electron chi connectivity index (χ2n) is 8.58. The van der Waals surface area contributed by atoms with Crippen molar-refractivity contribution in [2.24, 2.45) is 11.3 Å². The summed E-state index contributed by atoms with van der Waals surface area (Å²) in [5.41, 5.74) is 1.72. The molecule has 2 amide bonds. The first-order chi connectivity index (χ1) is 13.4. The van der Waals surface area contributed by atoms with Crippen LogP contribution < -0.4 is 10.6 Å². The van der Waals surface area contributed by atoms with Crippen LogP contribution >= 0.6 is 0 Å². The number of aliphatic hydroxyl groups excluding tert-OH is 1. The third-order valence-electron chi connectivity index (χ3n) is 6.19. The average Bonchev–Trinajstić information content (AvgIpc) is 2.91. The van der Waals surface area contributed by atoms with Gasteiger partial charge in [0.1, 0.15) is 0 Å². The molecule has 4 unspecified atom stereocenters. The van der Waals surface area contributed by atoms with Gasteiger partial charge < -0.3 is 20.6 Å². The largest absolute Gasteiger partial charge is 0.391 e. The van der Waals surface area contributed by atoms with Gasteiger partial charge in [0.15, 0.2) is 0 Å². The number of rotatable bonds is 3. The molecule has 3 N–H and O–H groups in total. The van der Waals surface area contributed by atoms with Gasteiger partial charge in [-0.1, -0.05) is 31.2 Å². The Balaban J connectivity index is 1.46. The zero-order valence-electron chi connectivity index (χ0n) is 16.7. The van der Waals surface area contributed by atoms with E-state index in [9.17, 15) is 9.90 Å². The zero-order chi connectivity index (χ0) is 19.9. The minimum Gasteiger partial charge on any atom is -0.391 e. The van der Waals surface area contributed by atoms with Gasteiger partial charge in [0, 0.05) is 24.2 Å². The van der Waals surface area contributed by atoms with Crippen LogP contribution in [-0.2, 0) is 13.0 Å². The van der Waals surface area contributed by atoms with Crippen LogP contribution in [0.4, 0.5) is 10.7 Å². The topological polar surface area (TPSA) is 90.4 Å². The number of anilines is 1. The molecule has 1 fully saturated rings. The van der Waals surface area contributed by atoms with Crippen molar-refractivity contribution in [3.63, 3.8) is 0 Å². The molecular weight excluding hydrogens is 354 g/mol. The Morgan fingerprint density at radius 1 is 1.39 bits per heavy atom. The lowest BCUT2D eigenvalue weighted by Gasteiger charge is -2.37. The molecule has 7 heteroatoms. The van der Waals surface area contributed by atoms with Gasteiger partial charge in [-0.2, -0.15) is 0 Å². The van der Waals surface area contributed by atoms with Gasteiger partial charge >= 0.3 is 6.03 Å². The number of amides is 2. The first-order valence-electron chi connectivity index (χ1n) is 10.1. The Labute approximate surface area is 165 Å². The molecule has 2 heterocycles. The highest BCUT2D eigenvalue weighted by Crippen LogP contribution is 2.47. The summed E-state index contributed by atoms with van der Waals surface area (Å²) in [6, 6.07) is -0.191. The lowest BCUT2D eigenvalue weighted by molar-refractivity contribution is 0.119. The van der Waals surface area contributed by atoms with Crippen molar-refractivity contribution in [2.45, 2.75) is 58.3 Å². The van der Waals surface area contributed by atoms with Crippen LogP contribution in [0.25, 0.3) is 0 Å². The molecule has 0 spiro atoms. The third kappa shape index (κ3) is 3.39.